The van der Waals surface area contributed by atoms with Crippen molar-refractivity contribution in [2.75, 3.05) is 4.31 Å². The molecule has 0 spiro atoms. The van der Waals surface area contributed by atoms with Gasteiger partial charge in [-0.15, -0.1) is 0 Å². The molecule has 3 aromatic carbocycles. The second-order valence-electron chi connectivity index (χ2n) is 6.77. The van der Waals surface area contributed by atoms with E-state index in [1.165, 1.54) is 4.31 Å². The number of hydrogen-bond acceptors (Lipinski definition) is 3. The van der Waals surface area contributed by atoms with Crippen molar-refractivity contribution >= 4 is 32.3 Å². The second-order valence-corrected chi connectivity index (χ2v) is 8.53. The van der Waals surface area contributed by atoms with Crippen LogP contribution < -0.4 is 4.31 Å². The number of sulfonamides is 1. The van der Waals surface area contributed by atoms with Crippen molar-refractivity contribution in [2.45, 2.75) is 18.7 Å². The summed E-state index contributed by atoms with van der Waals surface area (Å²) >= 11 is 0. The van der Waals surface area contributed by atoms with Crippen molar-refractivity contribution < 1.29 is 8.42 Å². The highest BCUT2D eigenvalue weighted by Gasteiger charge is 2.28. The number of benzene rings is 3. The molecule has 5 heteroatoms. The minimum Gasteiger partial charge on any atom is -0.255 e. The molecular weight excluding hydrogens is 368 g/mol. The highest BCUT2D eigenvalue weighted by Crippen LogP contribution is 2.34. The Morgan fingerprint density at radius 2 is 1.25 bits per heavy atom. The molecule has 0 saturated carbocycles. The van der Waals surface area contributed by atoms with Crippen LogP contribution in [0.25, 0.3) is 10.9 Å². The van der Waals surface area contributed by atoms with Gasteiger partial charge in [0.25, 0.3) is 10.0 Å². The van der Waals surface area contributed by atoms with E-state index < -0.39 is 10.0 Å². The molecule has 140 valence electrons. The summed E-state index contributed by atoms with van der Waals surface area (Å²) in [7, 11) is -3.89. The van der Waals surface area contributed by atoms with Crippen LogP contribution in [0.1, 0.15) is 11.1 Å². The minimum absolute atomic E-state index is 0.187. The maximum atomic E-state index is 13.8. The number of anilines is 2. The van der Waals surface area contributed by atoms with Gasteiger partial charge in [-0.1, -0.05) is 53.6 Å². The number of pyridine rings is 1. The normalized spacial score (nSPS) is 11.5. The molecule has 0 radical (unpaired) electrons. The van der Waals surface area contributed by atoms with Crippen LogP contribution in [0.2, 0.25) is 0 Å². The summed E-state index contributed by atoms with van der Waals surface area (Å²) in [6.07, 6.45) is 1.61. The van der Waals surface area contributed by atoms with E-state index in [2.05, 4.69) is 4.98 Å². The summed E-state index contributed by atoms with van der Waals surface area (Å²) in [5.41, 5.74) is 3.77. The third kappa shape index (κ3) is 3.25. The van der Waals surface area contributed by atoms with Crippen molar-refractivity contribution in [3.05, 3.63) is 96.2 Å². The molecule has 0 fully saturated rings. The monoisotopic (exact) mass is 388 g/mol. The topological polar surface area (TPSA) is 50.3 Å². The lowest BCUT2D eigenvalue weighted by Crippen LogP contribution is -2.26. The molecule has 1 heterocycles. The molecule has 0 atom stereocenters. The number of fused-ring (bicyclic) bond motifs is 1. The smallest absolute Gasteiger partial charge is 0.255 e. The molecule has 4 rings (SSSR count). The van der Waals surface area contributed by atoms with Crippen molar-refractivity contribution in [1.29, 1.82) is 0 Å². The first-order chi connectivity index (χ1) is 13.5. The summed E-state index contributed by atoms with van der Waals surface area (Å²) in [4.78, 5) is 4.53. The van der Waals surface area contributed by atoms with Crippen LogP contribution in [0.15, 0.2) is 90.0 Å². The van der Waals surface area contributed by atoms with E-state index in [1.54, 1.807) is 24.4 Å². The summed E-state index contributed by atoms with van der Waals surface area (Å²) in [5.74, 6) is 0. The van der Waals surface area contributed by atoms with E-state index in [9.17, 15) is 8.42 Å². The van der Waals surface area contributed by atoms with E-state index in [4.69, 9.17) is 0 Å². The Morgan fingerprint density at radius 1 is 0.714 bits per heavy atom. The molecular formula is C23H20N2O2S. The van der Waals surface area contributed by atoms with E-state index in [0.717, 1.165) is 16.5 Å². The first kappa shape index (κ1) is 18.2. The molecule has 0 amide bonds. The average Bonchev–Trinajstić information content (AvgIpc) is 2.70. The molecule has 1 aromatic heterocycles. The van der Waals surface area contributed by atoms with Crippen LogP contribution in [0, 0.1) is 13.8 Å². The molecule has 0 N–H and O–H groups in total. The number of rotatable bonds is 4. The highest BCUT2D eigenvalue weighted by atomic mass is 32.2. The number of hydrogen-bond donors (Lipinski definition) is 0. The number of aryl methyl sites for hydroxylation is 2. The predicted octanol–water partition coefficient (Wildman–Crippen LogP) is 5.38. The Balaban J connectivity index is 1.97. The van der Waals surface area contributed by atoms with Crippen molar-refractivity contribution in [3.8, 4) is 0 Å². The van der Waals surface area contributed by atoms with Crippen molar-refractivity contribution in [1.82, 2.24) is 4.98 Å². The first-order valence-electron chi connectivity index (χ1n) is 8.99. The molecule has 4 nitrogen and oxygen atoms in total. The molecule has 4 aromatic rings. The molecule has 0 unspecified atom stereocenters. The van der Waals surface area contributed by atoms with Crippen LogP contribution in [-0.2, 0) is 10.0 Å². The predicted molar refractivity (Wildman–Crippen MR) is 113 cm³/mol. The summed E-state index contributed by atoms with van der Waals surface area (Å²) in [6, 6.07) is 23.8. The summed E-state index contributed by atoms with van der Waals surface area (Å²) in [5, 5.41) is 0.788. The maximum absolute atomic E-state index is 13.8. The SMILES string of the molecule is Cc1ccc(N(c2ccc(C)cc2)S(=O)(=O)c2cccc3cccnc23)cc1. The zero-order chi connectivity index (χ0) is 19.7. The van der Waals surface area contributed by atoms with E-state index in [-0.39, 0.29) is 4.90 Å². The lowest BCUT2D eigenvalue weighted by molar-refractivity contribution is 0.597. The van der Waals surface area contributed by atoms with Gasteiger partial charge in [-0.05, 0) is 50.2 Å². The largest absolute Gasteiger partial charge is 0.270 e. The summed E-state index contributed by atoms with van der Waals surface area (Å²) < 4.78 is 29.0. The van der Waals surface area contributed by atoms with Gasteiger partial charge in [0, 0.05) is 11.6 Å². The Bertz CT molecular complexity index is 1180. The Labute approximate surface area is 165 Å². The van der Waals surface area contributed by atoms with Gasteiger partial charge in [0.05, 0.1) is 16.9 Å². The molecule has 0 aliphatic heterocycles. The van der Waals surface area contributed by atoms with Gasteiger partial charge in [0.1, 0.15) is 4.90 Å². The van der Waals surface area contributed by atoms with Crippen LogP contribution in [0.3, 0.4) is 0 Å². The molecule has 28 heavy (non-hydrogen) atoms. The zero-order valence-electron chi connectivity index (χ0n) is 15.7. The Hall–Kier alpha value is -3.18. The van der Waals surface area contributed by atoms with Gasteiger partial charge in [-0.2, -0.15) is 0 Å². The van der Waals surface area contributed by atoms with Crippen LogP contribution in [0.5, 0.6) is 0 Å². The molecule has 0 aliphatic rings. The van der Waals surface area contributed by atoms with Crippen LogP contribution >= 0.6 is 0 Å². The van der Waals surface area contributed by atoms with Crippen molar-refractivity contribution in [3.63, 3.8) is 0 Å². The third-order valence-electron chi connectivity index (χ3n) is 4.65. The molecule has 0 aliphatic carbocycles. The molecule has 0 saturated heterocycles. The number of aromatic nitrogens is 1. The van der Waals surface area contributed by atoms with Gasteiger partial charge in [0.15, 0.2) is 0 Å². The third-order valence-corrected chi connectivity index (χ3v) is 6.44. The fourth-order valence-corrected chi connectivity index (χ4v) is 4.83. The fourth-order valence-electron chi connectivity index (χ4n) is 3.17. The van der Waals surface area contributed by atoms with Gasteiger partial charge in [-0.3, -0.25) is 4.98 Å². The van der Waals surface area contributed by atoms with E-state index in [1.807, 2.05) is 74.5 Å². The maximum Gasteiger partial charge on any atom is 0.270 e. The van der Waals surface area contributed by atoms with Crippen LogP contribution in [0.4, 0.5) is 11.4 Å². The van der Waals surface area contributed by atoms with Gasteiger partial charge < -0.3 is 0 Å². The quantitative estimate of drug-likeness (QED) is 0.472. The zero-order valence-corrected chi connectivity index (χ0v) is 16.5. The minimum atomic E-state index is -3.89. The lowest BCUT2D eigenvalue weighted by atomic mass is 10.2. The highest BCUT2D eigenvalue weighted by molar-refractivity contribution is 7.93. The fraction of sp³-hybridized carbons (Fsp3) is 0.0870. The van der Waals surface area contributed by atoms with Gasteiger partial charge >= 0.3 is 0 Å². The van der Waals surface area contributed by atoms with E-state index in [0.29, 0.717) is 16.9 Å². The van der Waals surface area contributed by atoms with Gasteiger partial charge in [0.2, 0.25) is 0 Å². The first-order valence-corrected chi connectivity index (χ1v) is 10.4. The van der Waals surface area contributed by atoms with E-state index >= 15 is 0 Å². The lowest BCUT2D eigenvalue weighted by Gasteiger charge is -2.25. The Kier molecular flexibility index (Phi) is 4.61. The molecule has 0 bridgehead atoms. The number of para-hydroxylation sites is 1. The number of nitrogens with zero attached hydrogens (tertiary/aromatic N) is 2. The van der Waals surface area contributed by atoms with Gasteiger partial charge in [-0.25, -0.2) is 12.7 Å². The van der Waals surface area contributed by atoms with Crippen molar-refractivity contribution in [2.24, 2.45) is 0 Å². The second kappa shape index (κ2) is 7.09. The average molecular weight is 388 g/mol. The van der Waals surface area contributed by atoms with Crippen LogP contribution in [-0.4, -0.2) is 13.4 Å². The standard InChI is InChI=1S/C23H20N2O2S/c1-17-8-12-20(13-9-17)25(21-14-10-18(2)11-15-21)28(26,27)22-7-3-5-19-6-4-16-24-23(19)22/h3-16H,1-2H3. The summed E-state index contributed by atoms with van der Waals surface area (Å²) in [6.45, 7) is 3.95. The Morgan fingerprint density at radius 3 is 1.82 bits per heavy atom.